The molecule has 8 heteroatoms. The number of likely N-dealkylation sites (tertiary alicyclic amines) is 1. The van der Waals surface area contributed by atoms with E-state index in [4.69, 9.17) is 5.26 Å². The molecule has 1 aliphatic rings. The number of aromatic amines is 1. The molecule has 156 valence electrons. The van der Waals surface area contributed by atoms with Gasteiger partial charge >= 0.3 is 0 Å². The lowest BCUT2D eigenvalue weighted by molar-refractivity contribution is -0.119. The number of benzene rings is 2. The molecule has 0 unspecified atom stereocenters. The van der Waals surface area contributed by atoms with Crippen LogP contribution in [0.4, 0.5) is 14.5 Å². The molecule has 2 amide bonds. The number of nitrogens with zero attached hydrogens (tertiary/aromatic N) is 2. The average Bonchev–Trinajstić information content (AvgIpc) is 3.45. The number of nitriles is 1. The lowest BCUT2D eigenvalue weighted by atomic mass is 10.1. The fourth-order valence-electron chi connectivity index (χ4n) is 3.58. The van der Waals surface area contributed by atoms with Crippen molar-refractivity contribution in [3.8, 4) is 17.3 Å². The first-order valence-electron chi connectivity index (χ1n) is 9.69. The Morgan fingerprint density at radius 1 is 1.10 bits per heavy atom. The Balaban J connectivity index is 1.39. The highest BCUT2D eigenvalue weighted by Crippen LogP contribution is 2.24. The molecule has 1 aliphatic heterocycles. The zero-order valence-electron chi connectivity index (χ0n) is 16.4. The van der Waals surface area contributed by atoms with E-state index in [1.165, 1.54) is 24.3 Å². The summed E-state index contributed by atoms with van der Waals surface area (Å²) in [7, 11) is 0. The van der Waals surface area contributed by atoms with Gasteiger partial charge in [0.25, 0.3) is 5.91 Å². The molecule has 0 spiro atoms. The van der Waals surface area contributed by atoms with Gasteiger partial charge in [-0.15, -0.1) is 0 Å². The Bertz CT molecular complexity index is 1180. The molecule has 4 rings (SSSR count). The number of halogens is 2. The number of hydrogen-bond acceptors (Lipinski definition) is 3. The first kappa shape index (κ1) is 20.3. The van der Waals surface area contributed by atoms with E-state index in [1.807, 2.05) is 0 Å². The van der Waals surface area contributed by atoms with Crippen molar-refractivity contribution in [3.05, 3.63) is 77.5 Å². The van der Waals surface area contributed by atoms with Crippen LogP contribution in [0.25, 0.3) is 11.3 Å². The SMILES string of the molecule is N#Cc1cc(NC(=O)[C@H]2CCN(C(=O)c3ccc(-c4ccc(F)cc4)[nH]3)C2)ccc1F. The van der Waals surface area contributed by atoms with E-state index < -0.39 is 11.7 Å². The largest absolute Gasteiger partial charge is 0.351 e. The van der Waals surface area contributed by atoms with Gasteiger partial charge in [0.2, 0.25) is 5.91 Å². The van der Waals surface area contributed by atoms with Crippen LogP contribution < -0.4 is 5.32 Å². The first-order valence-corrected chi connectivity index (χ1v) is 9.69. The normalized spacial score (nSPS) is 15.5. The first-order chi connectivity index (χ1) is 14.9. The number of anilines is 1. The summed E-state index contributed by atoms with van der Waals surface area (Å²) in [6.45, 7) is 0.677. The number of amides is 2. The number of rotatable bonds is 4. The lowest BCUT2D eigenvalue weighted by Gasteiger charge is -2.16. The highest BCUT2D eigenvalue weighted by molar-refractivity contribution is 5.96. The van der Waals surface area contributed by atoms with Gasteiger partial charge < -0.3 is 15.2 Å². The molecule has 1 fully saturated rings. The van der Waals surface area contributed by atoms with Crippen LogP contribution in [0.15, 0.2) is 54.6 Å². The van der Waals surface area contributed by atoms with Gasteiger partial charge in [-0.2, -0.15) is 5.26 Å². The summed E-state index contributed by atoms with van der Waals surface area (Å²) in [5.74, 6) is -1.91. The maximum atomic E-state index is 13.4. The van der Waals surface area contributed by atoms with E-state index >= 15 is 0 Å². The fourth-order valence-corrected chi connectivity index (χ4v) is 3.58. The van der Waals surface area contributed by atoms with Gasteiger partial charge in [0.1, 0.15) is 23.4 Å². The molecule has 31 heavy (non-hydrogen) atoms. The van der Waals surface area contributed by atoms with Crippen molar-refractivity contribution in [3.63, 3.8) is 0 Å². The van der Waals surface area contributed by atoms with Gasteiger partial charge in [0, 0.05) is 24.5 Å². The van der Waals surface area contributed by atoms with E-state index in [9.17, 15) is 18.4 Å². The van der Waals surface area contributed by atoms with E-state index in [0.29, 0.717) is 30.0 Å². The van der Waals surface area contributed by atoms with E-state index in [-0.39, 0.29) is 29.7 Å². The van der Waals surface area contributed by atoms with Crippen LogP contribution >= 0.6 is 0 Å². The average molecular weight is 420 g/mol. The van der Waals surface area contributed by atoms with E-state index in [0.717, 1.165) is 11.6 Å². The Labute approximate surface area is 177 Å². The predicted molar refractivity (Wildman–Crippen MR) is 110 cm³/mol. The summed E-state index contributed by atoms with van der Waals surface area (Å²) in [6, 6.07) is 14.9. The van der Waals surface area contributed by atoms with Crippen molar-refractivity contribution >= 4 is 17.5 Å². The van der Waals surface area contributed by atoms with E-state index in [1.54, 1.807) is 35.2 Å². The fraction of sp³-hybridized carbons (Fsp3) is 0.174. The zero-order valence-corrected chi connectivity index (χ0v) is 16.4. The second kappa shape index (κ2) is 8.40. The summed E-state index contributed by atoms with van der Waals surface area (Å²) >= 11 is 0. The Hall–Kier alpha value is -3.99. The molecule has 2 N–H and O–H groups in total. The number of carbonyl (C=O) groups is 2. The predicted octanol–water partition coefficient (Wildman–Crippen LogP) is 3.93. The Morgan fingerprint density at radius 3 is 2.61 bits per heavy atom. The maximum absolute atomic E-state index is 13.4. The molecule has 0 aliphatic carbocycles. The third kappa shape index (κ3) is 4.31. The third-order valence-corrected chi connectivity index (χ3v) is 5.27. The van der Waals surface area contributed by atoms with Crippen LogP contribution in [0.2, 0.25) is 0 Å². The van der Waals surface area contributed by atoms with Crippen molar-refractivity contribution < 1.29 is 18.4 Å². The number of hydrogen-bond donors (Lipinski definition) is 2. The summed E-state index contributed by atoms with van der Waals surface area (Å²) in [6.07, 6.45) is 0.495. The summed E-state index contributed by atoms with van der Waals surface area (Å²) in [5, 5.41) is 11.6. The van der Waals surface area contributed by atoms with Gasteiger partial charge in [-0.3, -0.25) is 9.59 Å². The summed E-state index contributed by atoms with van der Waals surface area (Å²) in [4.78, 5) is 30.0. The van der Waals surface area contributed by atoms with Crippen LogP contribution in [0.3, 0.4) is 0 Å². The second-order valence-corrected chi connectivity index (χ2v) is 7.33. The summed E-state index contributed by atoms with van der Waals surface area (Å²) < 4.78 is 26.5. The highest BCUT2D eigenvalue weighted by atomic mass is 19.1. The molecule has 2 aromatic carbocycles. The molecule has 1 atom stereocenters. The minimum Gasteiger partial charge on any atom is -0.351 e. The molecule has 0 bridgehead atoms. The highest BCUT2D eigenvalue weighted by Gasteiger charge is 2.32. The molecule has 0 radical (unpaired) electrons. The van der Waals surface area contributed by atoms with Gasteiger partial charge in [0.15, 0.2) is 0 Å². The molecular formula is C23H18F2N4O2. The van der Waals surface area contributed by atoms with Crippen LogP contribution in [0.1, 0.15) is 22.5 Å². The van der Waals surface area contributed by atoms with Gasteiger partial charge in [-0.05, 0) is 66.6 Å². The molecule has 1 saturated heterocycles. The van der Waals surface area contributed by atoms with Gasteiger partial charge in [0.05, 0.1) is 11.5 Å². The van der Waals surface area contributed by atoms with Crippen molar-refractivity contribution in [1.29, 1.82) is 5.26 Å². The molecular weight excluding hydrogens is 402 g/mol. The van der Waals surface area contributed by atoms with Gasteiger partial charge in [-0.25, -0.2) is 8.78 Å². The minimum absolute atomic E-state index is 0.148. The number of nitrogens with one attached hydrogen (secondary N) is 2. The number of H-pyrrole nitrogens is 1. The van der Waals surface area contributed by atoms with Crippen LogP contribution in [-0.2, 0) is 4.79 Å². The van der Waals surface area contributed by atoms with Gasteiger partial charge in [-0.1, -0.05) is 0 Å². The van der Waals surface area contributed by atoms with Crippen molar-refractivity contribution in [2.75, 3.05) is 18.4 Å². The van der Waals surface area contributed by atoms with Crippen LogP contribution in [-0.4, -0.2) is 34.8 Å². The molecule has 2 heterocycles. The lowest BCUT2D eigenvalue weighted by Crippen LogP contribution is -2.31. The zero-order chi connectivity index (χ0) is 22.0. The maximum Gasteiger partial charge on any atom is 0.270 e. The van der Waals surface area contributed by atoms with Crippen LogP contribution in [0.5, 0.6) is 0 Å². The monoisotopic (exact) mass is 420 g/mol. The quantitative estimate of drug-likeness (QED) is 0.670. The van der Waals surface area contributed by atoms with Crippen molar-refractivity contribution in [2.24, 2.45) is 5.92 Å². The van der Waals surface area contributed by atoms with E-state index in [2.05, 4.69) is 10.3 Å². The molecule has 3 aromatic rings. The second-order valence-electron chi connectivity index (χ2n) is 7.33. The molecule has 0 saturated carbocycles. The van der Waals surface area contributed by atoms with Crippen molar-refractivity contribution in [1.82, 2.24) is 9.88 Å². The minimum atomic E-state index is -0.649. The Kier molecular flexibility index (Phi) is 5.50. The topological polar surface area (TPSA) is 89.0 Å². The smallest absolute Gasteiger partial charge is 0.270 e. The molecule has 1 aromatic heterocycles. The number of aromatic nitrogens is 1. The Morgan fingerprint density at radius 2 is 1.87 bits per heavy atom. The summed E-state index contributed by atoms with van der Waals surface area (Å²) in [5.41, 5.74) is 2.03. The molecule has 6 nitrogen and oxygen atoms in total. The third-order valence-electron chi connectivity index (χ3n) is 5.27. The number of carbonyl (C=O) groups excluding carboxylic acids is 2. The van der Waals surface area contributed by atoms with Crippen molar-refractivity contribution in [2.45, 2.75) is 6.42 Å². The van der Waals surface area contributed by atoms with Crippen LogP contribution in [0, 0.1) is 28.9 Å². The standard InChI is InChI=1S/C23H18F2N4O2/c24-17-3-1-14(2-4-17)20-7-8-21(28-20)23(31)29-10-9-15(13-29)22(30)27-18-5-6-19(25)16(11-18)12-26/h1-8,11,15,28H,9-10,13H2,(H,27,30)/t15-/m0/s1.